The quantitative estimate of drug-likeness (QED) is 0.592. The number of ether oxygens (including phenoxy) is 3. The number of carbonyl (C=O) groups excluding carboxylic acids is 1. The van der Waals surface area contributed by atoms with E-state index in [1.807, 2.05) is 12.1 Å². The van der Waals surface area contributed by atoms with Gasteiger partial charge in [-0.3, -0.25) is 9.69 Å². The normalized spacial score (nSPS) is 22.2. The van der Waals surface area contributed by atoms with E-state index >= 15 is 0 Å². The SMILES string of the molecule is COc1ccc(/C=C2/C(=O)N(C[C@@H]3CCCO3)C(=S)N2C)c(OC)c1. The van der Waals surface area contributed by atoms with Gasteiger partial charge in [0.1, 0.15) is 17.2 Å². The predicted octanol–water partition coefficient (Wildman–Crippen LogP) is 2.28. The summed E-state index contributed by atoms with van der Waals surface area (Å²) in [5, 5.41) is 0.499. The van der Waals surface area contributed by atoms with Crippen LogP contribution in [0.25, 0.3) is 6.08 Å². The van der Waals surface area contributed by atoms with Crippen LogP contribution in [0.2, 0.25) is 0 Å². The predicted molar refractivity (Wildman–Crippen MR) is 98.6 cm³/mol. The maximum atomic E-state index is 12.8. The average molecular weight is 362 g/mol. The first-order valence-corrected chi connectivity index (χ1v) is 8.61. The van der Waals surface area contributed by atoms with Crippen LogP contribution in [-0.4, -0.2) is 61.3 Å². The first kappa shape index (κ1) is 17.7. The molecule has 0 saturated carbocycles. The molecule has 1 amide bonds. The fraction of sp³-hybridized carbons (Fsp3) is 0.444. The summed E-state index contributed by atoms with van der Waals surface area (Å²) in [5.41, 5.74) is 1.31. The fourth-order valence-electron chi connectivity index (χ4n) is 3.05. The number of methoxy groups -OCH3 is 2. The molecule has 1 atom stereocenters. The highest BCUT2D eigenvalue weighted by molar-refractivity contribution is 7.80. The van der Waals surface area contributed by atoms with Crippen LogP contribution < -0.4 is 9.47 Å². The number of hydrogen-bond donors (Lipinski definition) is 0. The number of likely N-dealkylation sites (N-methyl/N-ethyl adjacent to an activating group) is 1. The molecule has 0 bridgehead atoms. The summed E-state index contributed by atoms with van der Waals surface area (Å²) in [4.78, 5) is 16.2. The minimum Gasteiger partial charge on any atom is -0.497 e. The molecular formula is C18H22N2O4S. The zero-order valence-corrected chi connectivity index (χ0v) is 15.5. The highest BCUT2D eigenvalue weighted by Gasteiger charge is 2.37. The smallest absolute Gasteiger partial charge is 0.276 e. The number of benzene rings is 1. The Bertz CT molecular complexity index is 713. The lowest BCUT2D eigenvalue weighted by Crippen LogP contribution is -2.37. The molecule has 0 unspecified atom stereocenters. The van der Waals surface area contributed by atoms with Crippen LogP contribution in [0.4, 0.5) is 0 Å². The van der Waals surface area contributed by atoms with Crippen LogP contribution in [0.3, 0.4) is 0 Å². The highest BCUT2D eigenvalue weighted by atomic mass is 32.1. The summed E-state index contributed by atoms with van der Waals surface area (Å²) < 4.78 is 16.3. The van der Waals surface area contributed by atoms with Gasteiger partial charge < -0.3 is 19.1 Å². The average Bonchev–Trinajstić information content (AvgIpc) is 3.21. The highest BCUT2D eigenvalue weighted by Crippen LogP contribution is 2.30. The molecule has 2 heterocycles. The molecule has 0 N–H and O–H groups in total. The van der Waals surface area contributed by atoms with Crippen molar-refractivity contribution in [2.45, 2.75) is 18.9 Å². The van der Waals surface area contributed by atoms with Crippen molar-refractivity contribution in [3.8, 4) is 11.5 Å². The second-order valence-corrected chi connectivity index (χ2v) is 6.39. The van der Waals surface area contributed by atoms with Crippen LogP contribution in [0.5, 0.6) is 11.5 Å². The molecule has 2 fully saturated rings. The summed E-state index contributed by atoms with van der Waals surface area (Å²) in [5.74, 6) is 1.22. The van der Waals surface area contributed by atoms with E-state index in [2.05, 4.69) is 0 Å². The Kier molecular flexibility index (Phi) is 5.24. The van der Waals surface area contributed by atoms with E-state index in [1.165, 1.54) is 0 Å². The number of carbonyl (C=O) groups is 1. The van der Waals surface area contributed by atoms with Gasteiger partial charge in [0.25, 0.3) is 5.91 Å². The number of amides is 1. The lowest BCUT2D eigenvalue weighted by atomic mass is 10.1. The van der Waals surface area contributed by atoms with E-state index < -0.39 is 0 Å². The Hall–Kier alpha value is -2.12. The molecule has 0 aliphatic carbocycles. The maximum absolute atomic E-state index is 12.8. The van der Waals surface area contributed by atoms with E-state index in [9.17, 15) is 4.79 Å². The number of thiocarbonyl (C=S) groups is 1. The van der Waals surface area contributed by atoms with Crippen molar-refractivity contribution in [2.24, 2.45) is 0 Å². The molecule has 134 valence electrons. The summed E-state index contributed by atoms with van der Waals surface area (Å²) in [6.45, 7) is 1.25. The molecule has 0 aromatic heterocycles. The third-order valence-corrected chi connectivity index (χ3v) is 4.98. The van der Waals surface area contributed by atoms with Crippen molar-refractivity contribution < 1.29 is 19.0 Å². The van der Waals surface area contributed by atoms with Crippen molar-refractivity contribution in [1.29, 1.82) is 0 Å². The van der Waals surface area contributed by atoms with E-state index in [4.69, 9.17) is 26.4 Å². The monoisotopic (exact) mass is 362 g/mol. The van der Waals surface area contributed by atoms with Crippen LogP contribution in [-0.2, 0) is 9.53 Å². The molecule has 7 heteroatoms. The van der Waals surface area contributed by atoms with Crippen LogP contribution in [0.1, 0.15) is 18.4 Å². The van der Waals surface area contributed by atoms with Crippen molar-refractivity contribution in [3.63, 3.8) is 0 Å². The molecule has 2 aliphatic rings. The minimum absolute atomic E-state index is 0.0603. The zero-order valence-electron chi connectivity index (χ0n) is 14.7. The molecule has 3 rings (SSSR count). The van der Waals surface area contributed by atoms with Gasteiger partial charge in [0.15, 0.2) is 5.11 Å². The van der Waals surface area contributed by atoms with Gasteiger partial charge in [0, 0.05) is 25.3 Å². The Labute approximate surface area is 152 Å². The molecule has 25 heavy (non-hydrogen) atoms. The second kappa shape index (κ2) is 7.41. The largest absolute Gasteiger partial charge is 0.497 e. The Morgan fingerprint density at radius 3 is 2.80 bits per heavy atom. The molecule has 1 aromatic rings. The van der Waals surface area contributed by atoms with Crippen molar-refractivity contribution in [3.05, 3.63) is 29.5 Å². The molecule has 6 nitrogen and oxygen atoms in total. The van der Waals surface area contributed by atoms with Crippen molar-refractivity contribution >= 4 is 29.3 Å². The maximum Gasteiger partial charge on any atom is 0.276 e. The van der Waals surface area contributed by atoms with E-state index in [0.29, 0.717) is 28.9 Å². The third kappa shape index (κ3) is 3.48. The fourth-order valence-corrected chi connectivity index (χ4v) is 3.31. The standard InChI is InChI=1S/C18H22N2O4S/c1-19-15(9-12-6-7-13(22-2)10-16(12)23-3)17(21)20(18(19)25)11-14-5-4-8-24-14/h6-7,9-10,14H,4-5,8,11H2,1-3H3/b15-9-/t14-/m0/s1. The first-order valence-electron chi connectivity index (χ1n) is 8.20. The lowest BCUT2D eigenvalue weighted by molar-refractivity contribution is -0.123. The summed E-state index contributed by atoms with van der Waals surface area (Å²) >= 11 is 5.45. The number of rotatable bonds is 5. The number of hydrogen-bond acceptors (Lipinski definition) is 5. The molecular weight excluding hydrogens is 340 g/mol. The Balaban J connectivity index is 1.87. The molecule has 0 radical (unpaired) electrons. The summed E-state index contributed by atoms with van der Waals surface area (Å²) in [6.07, 6.45) is 3.84. The van der Waals surface area contributed by atoms with Crippen molar-refractivity contribution in [2.75, 3.05) is 34.4 Å². The van der Waals surface area contributed by atoms with Gasteiger partial charge in [-0.25, -0.2) is 0 Å². The van der Waals surface area contributed by atoms with Gasteiger partial charge in [-0.1, -0.05) is 0 Å². The first-order chi connectivity index (χ1) is 12.0. The van der Waals surface area contributed by atoms with E-state index in [0.717, 1.165) is 25.0 Å². The van der Waals surface area contributed by atoms with Crippen molar-refractivity contribution in [1.82, 2.24) is 9.80 Å². The Morgan fingerprint density at radius 2 is 2.16 bits per heavy atom. The van der Waals surface area contributed by atoms with Crippen LogP contribution in [0, 0.1) is 0 Å². The van der Waals surface area contributed by atoms with Gasteiger partial charge in [0.2, 0.25) is 0 Å². The topological polar surface area (TPSA) is 51.2 Å². The third-order valence-electron chi connectivity index (χ3n) is 4.49. The lowest BCUT2D eigenvalue weighted by Gasteiger charge is -2.19. The molecule has 2 aliphatic heterocycles. The Morgan fingerprint density at radius 1 is 1.36 bits per heavy atom. The van der Waals surface area contributed by atoms with Gasteiger partial charge in [0.05, 0.1) is 26.9 Å². The van der Waals surface area contributed by atoms with Gasteiger partial charge in [-0.05, 0) is 43.3 Å². The summed E-state index contributed by atoms with van der Waals surface area (Å²) in [7, 11) is 4.99. The molecule has 2 saturated heterocycles. The zero-order chi connectivity index (χ0) is 18.0. The minimum atomic E-state index is -0.110. The molecule has 0 spiro atoms. The van der Waals surface area contributed by atoms with Crippen LogP contribution >= 0.6 is 12.2 Å². The van der Waals surface area contributed by atoms with Gasteiger partial charge in [-0.15, -0.1) is 0 Å². The molecule has 1 aromatic carbocycles. The van der Waals surface area contributed by atoms with E-state index in [-0.39, 0.29) is 12.0 Å². The second-order valence-electron chi connectivity index (χ2n) is 6.03. The van der Waals surface area contributed by atoms with Gasteiger partial charge in [-0.2, -0.15) is 0 Å². The van der Waals surface area contributed by atoms with Gasteiger partial charge >= 0.3 is 0 Å². The summed E-state index contributed by atoms with van der Waals surface area (Å²) in [6, 6.07) is 5.47. The van der Waals surface area contributed by atoms with Crippen LogP contribution in [0.15, 0.2) is 23.9 Å². The van der Waals surface area contributed by atoms with E-state index in [1.54, 1.807) is 43.2 Å². The number of nitrogens with zero attached hydrogens (tertiary/aromatic N) is 2.